The number of nitro benzene ring substituents is 1. The molecule has 0 amide bonds. The van der Waals surface area contributed by atoms with Crippen molar-refractivity contribution in [3.8, 4) is 5.75 Å². The number of nitro groups is 1. The van der Waals surface area contributed by atoms with Crippen LogP contribution in [0.3, 0.4) is 0 Å². The molecule has 1 heterocycles. The van der Waals surface area contributed by atoms with Crippen LogP contribution in [0.4, 0.5) is 5.69 Å². The van der Waals surface area contributed by atoms with Gasteiger partial charge in [0, 0.05) is 48.3 Å². The molecule has 1 aromatic rings. The number of hydrogen-bond donors (Lipinski definition) is 2. The summed E-state index contributed by atoms with van der Waals surface area (Å²) >= 11 is 3.39. The van der Waals surface area contributed by atoms with Crippen molar-refractivity contribution in [2.24, 2.45) is 5.92 Å². The Morgan fingerprint density at radius 1 is 1.19 bits per heavy atom. The van der Waals surface area contributed by atoms with E-state index in [1.54, 1.807) is 0 Å². The van der Waals surface area contributed by atoms with Gasteiger partial charge in [-0.2, -0.15) is 0 Å². The molecule has 26 heavy (non-hydrogen) atoms. The molecule has 0 radical (unpaired) electrons. The highest BCUT2D eigenvalue weighted by molar-refractivity contribution is 9.10. The van der Waals surface area contributed by atoms with Crippen LogP contribution in [0.25, 0.3) is 0 Å². The van der Waals surface area contributed by atoms with E-state index in [1.807, 2.05) is 6.07 Å². The van der Waals surface area contributed by atoms with Gasteiger partial charge in [-0.25, -0.2) is 0 Å². The quantitative estimate of drug-likeness (QED) is 0.502. The minimum atomic E-state index is -0.501. The molecule has 2 N–H and O–H groups in total. The van der Waals surface area contributed by atoms with Crippen LogP contribution in [0, 0.1) is 16.0 Å². The molecule has 1 aliphatic carbocycles. The molecule has 6 nitrogen and oxygen atoms in total. The zero-order valence-electron chi connectivity index (χ0n) is 14.5. The smallest absolute Gasteiger partial charge is 0.312 e. The maximum atomic E-state index is 11.3. The summed E-state index contributed by atoms with van der Waals surface area (Å²) in [6.45, 7) is 3.64. The number of halogens is 3. The minimum Gasteiger partial charge on any atom is -0.502 e. The average Bonchev–Trinajstić information content (AvgIpc) is 2.59. The minimum absolute atomic E-state index is 0. The summed E-state index contributed by atoms with van der Waals surface area (Å²) in [5.74, 6) is 0.272. The average molecular weight is 471 g/mol. The van der Waals surface area contributed by atoms with E-state index < -0.39 is 4.92 Å². The van der Waals surface area contributed by atoms with E-state index >= 15 is 0 Å². The van der Waals surface area contributed by atoms with Gasteiger partial charge in [0.15, 0.2) is 5.75 Å². The first-order chi connectivity index (χ1) is 11.6. The lowest BCUT2D eigenvalue weighted by Crippen LogP contribution is -2.47. The number of phenolic OH excluding ortho intramolecular Hbond substituents is 1. The Balaban J connectivity index is 0.00000169. The molecule has 0 spiro atoms. The monoisotopic (exact) mass is 469 g/mol. The van der Waals surface area contributed by atoms with Crippen molar-refractivity contribution in [2.45, 2.75) is 38.1 Å². The second-order valence-electron chi connectivity index (χ2n) is 6.75. The standard InChI is InChI=1S/C17H24BrN3O3.2ClH/c18-13-10-14(17(22)15(11-13)21(23)24)16(12-4-2-1-3-5-12)20-8-6-19-7-9-20;;/h10-12,16,19,22H,1-9H2;2*1H/t16-;;/m0../s1. The van der Waals surface area contributed by atoms with Crippen molar-refractivity contribution >= 4 is 46.4 Å². The molecule has 1 saturated heterocycles. The number of aromatic hydroxyl groups is 1. The van der Waals surface area contributed by atoms with Crippen LogP contribution in [0.2, 0.25) is 0 Å². The Bertz CT molecular complexity index is 591. The zero-order chi connectivity index (χ0) is 17.1. The molecule has 1 aliphatic heterocycles. The summed E-state index contributed by atoms with van der Waals surface area (Å²) in [6.07, 6.45) is 5.90. The van der Waals surface area contributed by atoms with Gasteiger partial charge in [0.05, 0.1) is 4.92 Å². The number of piperazine rings is 1. The molecule has 0 bridgehead atoms. The number of rotatable bonds is 4. The summed E-state index contributed by atoms with van der Waals surface area (Å²) in [4.78, 5) is 13.2. The van der Waals surface area contributed by atoms with Crippen molar-refractivity contribution < 1.29 is 10.0 Å². The van der Waals surface area contributed by atoms with Crippen LogP contribution in [0.1, 0.15) is 43.7 Å². The van der Waals surface area contributed by atoms with Crippen LogP contribution in [0.5, 0.6) is 5.75 Å². The molecular formula is C17H26BrCl2N3O3. The van der Waals surface area contributed by atoms with E-state index in [1.165, 1.54) is 25.3 Å². The maximum Gasteiger partial charge on any atom is 0.312 e. The predicted molar refractivity (Wildman–Crippen MR) is 111 cm³/mol. The van der Waals surface area contributed by atoms with Gasteiger partial charge in [0.25, 0.3) is 0 Å². The Labute approximate surface area is 174 Å². The highest BCUT2D eigenvalue weighted by Crippen LogP contribution is 2.45. The lowest BCUT2D eigenvalue weighted by molar-refractivity contribution is -0.386. The molecule has 2 aliphatic rings. The van der Waals surface area contributed by atoms with Gasteiger partial charge in [-0.15, -0.1) is 24.8 Å². The molecule has 148 valence electrons. The summed E-state index contributed by atoms with van der Waals surface area (Å²) in [6, 6.07) is 3.29. The van der Waals surface area contributed by atoms with E-state index in [2.05, 4.69) is 26.1 Å². The number of phenols is 1. The second-order valence-corrected chi connectivity index (χ2v) is 7.66. The highest BCUT2D eigenvalue weighted by atomic mass is 79.9. The topological polar surface area (TPSA) is 78.6 Å². The van der Waals surface area contributed by atoms with E-state index in [9.17, 15) is 15.2 Å². The van der Waals surface area contributed by atoms with Crippen LogP contribution >= 0.6 is 40.7 Å². The van der Waals surface area contributed by atoms with E-state index in [4.69, 9.17) is 0 Å². The first-order valence-corrected chi connectivity index (χ1v) is 9.49. The predicted octanol–water partition coefficient (Wildman–Crippen LogP) is 4.43. The van der Waals surface area contributed by atoms with Crippen LogP contribution in [-0.2, 0) is 0 Å². The molecule has 1 saturated carbocycles. The van der Waals surface area contributed by atoms with Gasteiger partial charge in [0.1, 0.15) is 0 Å². The van der Waals surface area contributed by atoms with E-state index in [0.717, 1.165) is 39.0 Å². The van der Waals surface area contributed by atoms with Crippen molar-refractivity contribution in [2.75, 3.05) is 26.2 Å². The summed E-state index contributed by atoms with van der Waals surface area (Å²) in [7, 11) is 0. The van der Waals surface area contributed by atoms with Crippen molar-refractivity contribution in [1.82, 2.24) is 10.2 Å². The maximum absolute atomic E-state index is 11.3. The normalized spacial score (nSPS) is 19.9. The number of nitrogens with one attached hydrogen (secondary N) is 1. The number of benzene rings is 1. The fraction of sp³-hybridized carbons (Fsp3) is 0.647. The lowest BCUT2D eigenvalue weighted by Gasteiger charge is -2.41. The van der Waals surface area contributed by atoms with Gasteiger partial charge < -0.3 is 10.4 Å². The third kappa shape index (κ3) is 5.23. The van der Waals surface area contributed by atoms with Crippen LogP contribution in [0.15, 0.2) is 16.6 Å². The molecular weight excluding hydrogens is 445 g/mol. The van der Waals surface area contributed by atoms with Gasteiger partial charge in [-0.3, -0.25) is 15.0 Å². The van der Waals surface area contributed by atoms with Crippen molar-refractivity contribution in [1.29, 1.82) is 0 Å². The molecule has 3 rings (SSSR count). The SMILES string of the molecule is Cl.Cl.O=[N+]([O-])c1cc(Br)cc([C@H](C2CCCCC2)N2CCNCC2)c1O. The van der Waals surface area contributed by atoms with Crippen LogP contribution in [-0.4, -0.2) is 41.1 Å². The molecule has 1 atom stereocenters. The number of hydrogen-bond acceptors (Lipinski definition) is 5. The van der Waals surface area contributed by atoms with Crippen molar-refractivity contribution in [3.63, 3.8) is 0 Å². The Morgan fingerprint density at radius 3 is 2.38 bits per heavy atom. The van der Waals surface area contributed by atoms with E-state index in [0.29, 0.717) is 16.0 Å². The molecule has 1 aromatic carbocycles. The van der Waals surface area contributed by atoms with Gasteiger partial charge >= 0.3 is 5.69 Å². The fourth-order valence-corrected chi connectivity index (χ4v) is 4.59. The molecule has 0 unspecified atom stereocenters. The fourth-order valence-electron chi connectivity index (χ4n) is 4.13. The van der Waals surface area contributed by atoms with Crippen molar-refractivity contribution in [3.05, 3.63) is 32.3 Å². The van der Waals surface area contributed by atoms with E-state index in [-0.39, 0.29) is 42.3 Å². The first kappa shape index (κ1) is 23.4. The summed E-state index contributed by atoms with van der Waals surface area (Å²) in [5.41, 5.74) is 0.486. The molecule has 9 heteroatoms. The third-order valence-corrected chi connectivity index (χ3v) is 5.70. The lowest BCUT2D eigenvalue weighted by atomic mass is 9.79. The summed E-state index contributed by atoms with van der Waals surface area (Å²) in [5, 5.41) is 25.3. The summed E-state index contributed by atoms with van der Waals surface area (Å²) < 4.78 is 0.651. The second kappa shape index (κ2) is 10.7. The molecule has 0 aromatic heterocycles. The Kier molecular flexibility index (Phi) is 9.61. The third-order valence-electron chi connectivity index (χ3n) is 5.24. The number of nitrogens with zero attached hydrogens (tertiary/aromatic N) is 2. The zero-order valence-corrected chi connectivity index (χ0v) is 17.7. The largest absolute Gasteiger partial charge is 0.502 e. The van der Waals surface area contributed by atoms with Gasteiger partial charge in [-0.05, 0) is 24.8 Å². The van der Waals surface area contributed by atoms with Crippen LogP contribution < -0.4 is 5.32 Å². The highest BCUT2D eigenvalue weighted by Gasteiger charge is 2.35. The first-order valence-electron chi connectivity index (χ1n) is 8.69. The Morgan fingerprint density at radius 2 is 1.81 bits per heavy atom. The van der Waals surface area contributed by atoms with Gasteiger partial charge in [-0.1, -0.05) is 35.2 Å². The Hall–Kier alpha value is -0.600. The molecule has 2 fully saturated rings. The van der Waals surface area contributed by atoms with Gasteiger partial charge in [0.2, 0.25) is 0 Å².